The van der Waals surface area contributed by atoms with E-state index in [9.17, 15) is 0 Å². The van der Waals surface area contributed by atoms with Crippen LogP contribution in [0.25, 0.3) is 0 Å². The summed E-state index contributed by atoms with van der Waals surface area (Å²) in [5.74, 6) is 0.676. The SMILES string of the molecule is CC1(C)CCC(NC(N)=NC2CCCC2)C1. The number of guanidine groups is 1. The van der Waals surface area contributed by atoms with Crippen molar-refractivity contribution in [2.24, 2.45) is 16.1 Å². The van der Waals surface area contributed by atoms with Gasteiger partial charge in [-0.2, -0.15) is 0 Å². The molecule has 3 nitrogen and oxygen atoms in total. The number of nitrogens with one attached hydrogen (secondary N) is 1. The van der Waals surface area contributed by atoms with Gasteiger partial charge in [-0.1, -0.05) is 26.7 Å². The van der Waals surface area contributed by atoms with Crippen LogP contribution in [0.15, 0.2) is 4.99 Å². The Hall–Kier alpha value is -0.730. The number of hydrogen-bond acceptors (Lipinski definition) is 1. The Bertz CT molecular complexity index is 264. The summed E-state index contributed by atoms with van der Waals surface area (Å²) in [5.41, 5.74) is 6.44. The fraction of sp³-hybridized carbons (Fsp3) is 0.923. The van der Waals surface area contributed by atoms with Gasteiger partial charge in [0.05, 0.1) is 6.04 Å². The zero-order valence-corrected chi connectivity index (χ0v) is 10.6. The van der Waals surface area contributed by atoms with Crippen LogP contribution in [0, 0.1) is 5.41 Å². The maximum absolute atomic E-state index is 5.96. The van der Waals surface area contributed by atoms with Crippen molar-refractivity contribution in [3.05, 3.63) is 0 Å². The van der Waals surface area contributed by atoms with E-state index in [1.54, 1.807) is 0 Å². The molecule has 0 spiro atoms. The Labute approximate surface area is 98.9 Å². The first kappa shape index (κ1) is 11.7. The van der Waals surface area contributed by atoms with E-state index < -0.39 is 0 Å². The van der Waals surface area contributed by atoms with Crippen molar-refractivity contribution in [1.82, 2.24) is 5.32 Å². The molecule has 2 rings (SSSR count). The Morgan fingerprint density at radius 1 is 1.25 bits per heavy atom. The summed E-state index contributed by atoms with van der Waals surface area (Å²) in [4.78, 5) is 4.57. The summed E-state index contributed by atoms with van der Waals surface area (Å²) < 4.78 is 0. The van der Waals surface area contributed by atoms with E-state index in [1.807, 2.05) is 0 Å². The molecule has 2 saturated carbocycles. The van der Waals surface area contributed by atoms with Gasteiger partial charge in [0.2, 0.25) is 0 Å². The molecule has 0 aromatic carbocycles. The van der Waals surface area contributed by atoms with Crippen LogP contribution >= 0.6 is 0 Å². The van der Waals surface area contributed by atoms with E-state index in [1.165, 1.54) is 44.9 Å². The standard InChI is InChI=1S/C13H25N3/c1-13(2)8-7-11(9-13)16-12(14)15-10-5-3-4-6-10/h10-11H,3-9H2,1-2H3,(H3,14,15,16). The van der Waals surface area contributed by atoms with Gasteiger partial charge in [-0.15, -0.1) is 0 Å². The highest BCUT2D eigenvalue weighted by Crippen LogP contribution is 2.36. The maximum Gasteiger partial charge on any atom is 0.189 e. The van der Waals surface area contributed by atoms with Crippen molar-refractivity contribution in [3.8, 4) is 0 Å². The normalized spacial score (nSPS) is 30.9. The molecule has 1 unspecified atom stereocenters. The lowest BCUT2D eigenvalue weighted by atomic mass is 9.92. The predicted octanol–water partition coefficient (Wildman–Crippen LogP) is 2.41. The van der Waals surface area contributed by atoms with Crippen LogP contribution in [0.4, 0.5) is 0 Å². The van der Waals surface area contributed by atoms with Crippen LogP contribution in [0.1, 0.15) is 58.8 Å². The zero-order valence-electron chi connectivity index (χ0n) is 10.6. The maximum atomic E-state index is 5.96. The minimum absolute atomic E-state index is 0.477. The third-order valence-electron chi connectivity index (χ3n) is 3.97. The molecule has 0 amide bonds. The van der Waals surface area contributed by atoms with Gasteiger partial charge >= 0.3 is 0 Å². The summed E-state index contributed by atoms with van der Waals surface area (Å²) >= 11 is 0. The first-order valence-corrected chi connectivity index (χ1v) is 6.65. The van der Waals surface area contributed by atoms with E-state index in [4.69, 9.17) is 5.73 Å². The molecule has 3 heteroatoms. The van der Waals surface area contributed by atoms with Gasteiger partial charge in [0.25, 0.3) is 0 Å². The highest BCUT2D eigenvalue weighted by molar-refractivity contribution is 5.78. The molecule has 0 aromatic rings. The van der Waals surface area contributed by atoms with Gasteiger partial charge in [0.15, 0.2) is 5.96 Å². The summed E-state index contributed by atoms with van der Waals surface area (Å²) in [6.07, 6.45) is 8.82. The predicted molar refractivity (Wildman–Crippen MR) is 68.4 cm³/mol. The number of rotatable bonds is 2. The molecular formula is C13H25N3. The topological polar surface area (TPSA) is 50.4 Å². The summed E-state index contributed by atoms with van der Waals surface area (Å²) in [7, 11) is 0. The first-order chi connectivity index (χ1) is 7.55. The Morgan fingerprint density at radius 3 is 2.50 bits per heavy atom. The van der Waals surface area contributed by atoms with Gasteiger partial charge in [-0.25, -0.2) is 0 Å². The van der Waals surface area contributed by atoms with Crippen molar-refractivity contribution in [1.29, 1.82) is 0 Å². The highest BCUT2D eigenvalue weighted by atomic mass is 15.1. The minimum atomic E-state index is 0.477. The smallest absolute Gasteiger partial charge is 0.189 e. The van der Waals surface area contributed by atoms with Crippen molar-refractivity contribution in [2.75, 3.05) is 0 Å². The van der Waals surface area contributed by atoms with Gasteiger partial charge < -0.3 is 11.1 Å². The van der Waals surface area contributed by atoms with Crippen molar-refractivity contribution in [3.63, 3.8) is 0 Å². The van der Waals surface area contributed by atoms with Crippen LogP contribution in [0.3, 0.4) is 0 Å². The molecule has 0 aliphatic heterocycles. The molecule has 0 heterocycles. The number of aliphatic imine (C=N–C) groups is 1. The summed E-state index contributed by atoms with van der Waals surface area (Å²) in [6.45, 7) is 4.66. The van der Waals surface area contributed by atoms with Crippen molar-refractivity contribution >= 4 is 5.96 Å². The molecule has 2 aliphatic rings. The molecule has 0 radical (unpaired) electrons. The molecule has 92 valence electrons. The van der Waals surface area contributed by atoms with Crippen LogP contribution in [0.5, 0.6) is 0 Å². The van der Waals surface area contributed by atoms with E-state index >= 15 is 0 Å². The van der Waals surface area contributed by atoms with Crippen LogP contribution < -0.4 is 11.1 Å². The minimum Gasteiger partial charge on any atom is -0.370 e. The van der Waals surface area contributed by atoms with Crippen molar-refractivity contribution < 1.29 is 0 Å². The fourth-order valence-electron chi connectivity index (χ4n) is 3.04. The molecule has 0 saturated heterocycles. The summed E-state index contributed by atoms with van der Waals surface area (Å²) in [6, 6.07) is 1.03. The third kappa shape index (κ3) is 3.13. The van der Waals surface area contributed by atoms with Gasteiger partial charge in [-0.3, -0.25) is 4.99 Å². The lowest BCUT2D eigenvalue weighted by Crippen LogP contribution is -2.39. The average Bonchev–Trinajstić information content (AvgIpc) is 2.76. The first-order valence-electron chi connectivity index (χ1n) is 6.65. The quantitative estimate of drug-likeness (QED) is 0.558. The highest BCUT2D eigenvalue weighted by Gasteiger charge is 2.31. The molecular weight excluding hydrogens is 198 g/mol. The molecule has 16 heavy (non-hydrogen) atoms. The molecule has 2 fully saturated rings. The van der Waals surface area contributed by atoms with Gasteiger partial charge in [0, 0.05) is 6.04 Å². The molecule has 0 aromatic heterocycles. The van der Waals surface area contributed by atoms with Gasteiger partial charge in [0.1, 0.15) is 0 Å². The molecule has 1 atom stereocenters. The zero-order chi connectivity index (χ0) is 11.6. The van der Waals surface area contributed by atoms with Crippen LogP contribution in [0.2, 0.25) is 0 Å². The molecule has 3 N–H and O–H groups in total. The second kappa shape index (κ2) is 4.64. The Balaban J connectivity index is 1.80. The molecule has 0 bridgehead atoms. The molecule has 2 aliphatic carbocycles. The number of nitrogens with two attached hydrogens (primary N) is 1. The van der Waals surface area contributed by atoms with Crippen LogP contribution in [-0.2, 0) is 0 Å². The fourth-order valence-corrected chi connectivity index (χ4v) is 3.04. The third-order valence-corrected chi connectivity index (χ3v) is 3.97. The number of hydrogen-bond donors (Lipinski definition) is 2. The second-order valence-corrected chi connectivity index (χ2v) is 6.20. The van der Waals surface area contributed by atoms with E-state index in [-0.39, 0.29) is 0 Å². The summed E-state index contributed by atoms with van der Waals surface area (Å²) in [5, 5.41) is 3.39. The monoisotopic (exact) mass is 223 g/mol. The lowest BCUT2D eigenvalue weighted by molar-refractivity contribution is 0.372. The average molecular weight is 223 g/mol. The van der Waals surface area contributed by atoms with E-state index in [0.717, 1.165) is 0 Å². The van der Waals surface area contributed by atoms with E-state index in [0.29, 0.717) is 23.5 Å². The second-order valence-electron chi connectivity index (χ2n) is 6.20. The number of nitrogens with zero attached hydrogens (tertiary/aromatic N) is 1. The van der Waals surface area contributed by atoms with Crippen LogP contribution in [-0.4, -0.2) is 18.0 Å². The van der Waals surface area contributed by atoms with E-state index in [2.05, 4.69) is 24.2 Å². The van der Waals surface area contributed by atoms with Gasteiger partial charge in [-0.05, 0) is 37.5 Å². The Kier molecular flexibility index (Phi) is 3.41. The Morgan fingerprint density at radius 2 is 1.94 bits per heavy atom. The lowest BCUT2D eigenvalue weighted by Gasteiger charge is -2.18. The largest absolute Gasteiger partial charge is 0.370 e. The van der Waals surface area contributed by atoms with Crippen molar-refractivity contribution in [2.45, 2.75) is 70.9 Å².